The first-order chi connectivity index (χ1) is 7.50. The maximum Gasteiger partial charge on any atom is 0.364 e. The van der Waals surface area contributed by atoms with Gasteiger partial charge in [-0.05, 0) is 6.42 Å². The lowest BCUT2D eigenvalue weighted by atomic mass is 10.1. The first-order valence-corrected chi connectivity index (χ1v) is 5.27. The summed E-state index contributed by atoms with van der Waals surface area (Å²) in [5.74, 6) is -4.09. The SMILES string of the molecule is CCCC1COC(CCC(=O)O)(C(=O)O)O1. The van der Waals surface area contributed by atoms with E-state index >= 15 is 0 Å². The van der Waals surface area contributed by atoms with Crippen LogP contribution in [0.5, 0.6) is 0 Å². The van der Waals surface area contributed by atoms with Gasteiger partial charge in [0.05, 0.1) is 19.1 Å². The van der Waals surface area contributed by atoms with E-state index in [-0.39, 0.29) is 25.6 Å². The van der Waals surface area contributed by atoms with Gasteiger partial charge in [-0.2, -0.15) is 0 Å². The number of carboxylic acids is 2. The van der Waals surface area contributed by atoms with Crippen LogP contribution in [0.25, 0.3) is 0 Å². The molecule has 1 aliphatic heterocycles. The van der Waals surface area contributed by atoms with Gasteiger partial charge in [-0.25, -0.2) is 4.79 Å². The molecule has 1 heterocycles. The van der Waals surface area contributed by atoms with E-state index in [0.29, 0.717) is 6.42 Å². The molecule has 0 aliphatic carbocycles. The lowest BCUT2D eigenvalue weighted by Gasteiger charge is -2.22. The maximum absolute atomic E-state index is 11.0. The Morgan fingerprint density at radius 1 is 1.44 bits per heavy atom. The van der Waals surface area contributed by atoms with Gasteiger partial charge in [0.25, 0.3) is 5.79 Å². The minimum absolute atomic E-state index is 0.169. The fourth-order valence-corrected chi connectivity index (χ4v) is 1.65. The summed E-state index contributed by atoms with van der Waals surface area (Å²) in [4.78, 5) is 21.5. The summed E-state index contributed by atoms with van der Waals surface area (Å²) in [6, 6.07) is 0. The molecule has 0 saturated carbocycles. The Balaban J connectivity index is 2.61. The zero-order valence-electron chi connectivity index (χ0n) is 9.14. The van der Waals surface area contributed by atoms with Crippen molar-refractivity contribution in [3.05, 3.63) is 0 Å². The summed E-state index contributed by atoms with van der Waals surface area (Å²) in [5.41, 5.74) is 0. The number of carbonyl (C=O) groups is 2. The Morgan fingerprint density at radius 2 is 2.12 bits per heavy atom. The van der Waals surface area contributed by atoms with Crippen LogP contribution in [0.15, 0.2) is 0 Å². The first-order valence-electron chi connectivity index (χ1n) is 5.27. The number of ether oxygens (including phenoxy) is 2. The average molecular weight is 232 g/mol. The minimum atomic E-state index is -1.77. The second-order valence-corrected chi connectivity index (χ2v) is 3.79. The molecule has 2 atom stereocenters. The van der Waals surface area contributed by atoms with Crippen LogP contribution in [0.2, 0.25) is 0 Å². The standard InChI is InChI=1S/C10H16O6/c1-2-3-7-6-15-10(16-7,9(13)14)5-4-8(11)12/h7H,2-6H2,1H3,(H,11,12)(H,13,14). The molecular formula is C10H16O6. The van der Waals surface area contributed by atoms with E-state index in [2.05, 4.69) is 0 Å². The molecule has 0 amide bonds. The van der Waals surface area contributed by atoms with Gasteiger partial charge >= 0.3 is 11.9 Å². The Kier molecular flexibility index (Phi) is 4.26. The first kappa shape index (κ1) is 12.9. The molecule has 1 saturated heterocycles. The van der Waals surface area contributed by atoms with Crippen LogP contribution in [0.1, 0.15) is 32.6 Å². The van der Waals surface area contributed by atoms with Crippen LogP contribution in [0.3, 0.4) is 0 Å². The van der Waals surface area contributed by atoms with Crippen molar-refractivity contribution in [3.63, 3.8) is 0 Å². The van der Waals surface area contributed by atoms with E-state index in [1.165, 1.54) is 0 Å². The molecule has 0 aromatic heterocycles. The summed E-state index contributed by atoms with van der Waals surface area (Å²) in [6.07, 6.45) is 0.864. The van der Waals surface area contributed by atoms with Crippen molar-refractivity contribution >= 4 is 11.9 Å². The molecular weight excluding hydrogens is 216 g/mol. The van der Waals surface area contributed by atoms with Gasteiger partial charge in [0.15, 0.2) is 0 Å². The Morgan fingerprint density at radius 3 is 2.62 bits per heavy atom. The Labute approximate surface area is 93.2 Å². The number of rotatable bonds is 6. The van der Waals surface area contributed by atoms with Crippen molar-refractivity contribution in [1.82, 2.24) is 0 Å². The predicted molar refractivity (Wildman–Crippen MR) is 53.0 cm³/mol. The zero-order valence-corrected chi connectivity index (χ0v) is 9.14. The van der Waals surface area contributed by atoms with Crippen molar-refractivity contribution in [2.45, 2.75) is 44.5 Å². The van der Waals surface area contributed by atoms with Gasteiger partial charge in [0.2, 0.25) is 0 Å². The minimum Gasteiger partial charge on any atom is -0.481 e. The predicted octanol–water partition coefficient (Wildman–Crippen LogP) is 0.848. The lowest BCUT2D eigenvalue weighted by molar-refractivity contribution is -0.208. The molecule has 0 bridgehead atoms. The number of hydrogen-bond donors (Lipinski definition) is 2. The average Bonchev–Trinajstić information content (AvgIpc) is 2.61. The molecule has 1 rings (SSSR count). The van der Waals surface area contributed by atoms with Gasteiger partial charge in [-0.15, -0.1) is 0 Å². The topological polar surface area (TPSA) is 93.1 Å². The monoisotopic (exact) mass is 232 g/mol. The Hall–Kier alpha value is -1.14. The quantitative estimate of drug-likeness (QED) is 0.705. The van der Waals surface area contributed by atoms with Crippen molar-refractivity contribution in [2.24, 2.45) is 0 Å². The van der Waals surface area contributed by atoms with E-state index in [4.69, 9.17) is 19.7 Å². The second kappa shape index (κ2) is 5.27. The van der Waals surface area contributed by atoms with Crippen LogP contribution in [-0.4, -0.2) is 40.6 Å². The van der Waals surface area contributed by atoms with Crippen molar-refractivity contribution in [3.8, 4) is 0 Å². The molecule has 16 heavy (non-hydrogen) atoms. The molecule has 92 valence electrons. The van der Waals surface area contributed by atoms with Crippen LogP contribution in [0.4, 0.5) is 0 Å². The molecule has 1 fully saturated rings. The molecule has 0 radical (unpaired) electrons. The number of aliphatic carboxylic acids is 2. The number of carboxylic acid groups (broad SMARTS) is 2. The van der Waals surface area contributed by atoms with E-state index in [1.807, 2.05) is 6.92 Å². The molecule has 2 N–H and O–H groups in total. The van der Waals surface area contributed by atoms with Crippen molar-refractivity contribution < 1.29 is 29.3 Å². The summed E-state index contributed by atoms with van der Waals surface area (Å²) in [6.45, 7) is 2.17. The van der Waals surface area contributed by atoms with Gasteiger partial charge in [-0.1, -0.05) is 13.3 Å². The van der Waals surface area contributed by atoms with Crippen LogP contribution >= 0.6 is 0 Å². The van der Waals surface area contributed by atoms with Crippen LogP contribution in [-0.2, 0) is 19.1 Å². The summed E-state index contributed by atoms with van der Waals surface area (Å²) >= 11 is 0. The zero-order chi connectivity index (χ0) is 12.2. The van der Waals surface area contributed by atoms with Gasteiger partial charge in [-0.3, -0.25) is 4.79 Å². The van der Waals surface area contributed by atoms with Crippen LogP contribution in [0, 0.1) is 0 Å². The highest BCUT2D eigenvalue weighted by Gasteiger charge is 2.48. The van der Waals surface area contributed by atoms with Gasteiger partial charge < -0.3 is 19.7 Å². The normalized spacial score (nSPS) is 29.2. The van der Waals surface area contributed by atoms with E-state index in [0.717, 1.165) is 6.42 Å². The van der Waals surface area contributed by atoms with E-state index in [9.17, 15) is 9.59 Å². The fraction of sp³-hybridized carbons (Fsp3) is 0.800. The third-order valence-corrected chi connectivity index (χ3v) is 2.46. The highest BCUT2D eigenvalue weighted by Crippen LogP contribution is 2.30. The molecule has 0 spiro atoms. The maximum atomic E-state index is 11.0. The highest BCUT2D eigenvalue weighted by atomic mass is 16.8. The van der Waals surface area contributed by atoms with Gasteiger partial charge in [0.1, 0.15) is 0 Å². The van der Waals surface area contributed by atoms with Crippen LogP contribution < -0.4 is 0 Å². The summed E-state index contributed by atoms with van der Waals surface area (Å²) in [5, 5.41) is 17.6. The lowest BCUT2D eigenvalue weighted by Crippen LogP contribution is -2.40. The molecule has 6 heteroatoms. The second-order valence-electron chi connectivity index (χ2n) is 3.79. The molecule has 6 nitrogen and oxygen atoms in total. The molecule has 2 unspecified atom stereocenters. The molecule has 0 aromatic rings. The Bertz CT molecular complexity index is 276. The van der Waals surface area contributed by atoms with Crippen molar-refractivity contribution in [2.75, 3.05) is 6.61 Å². The van der Waals surface area contributed by atoms with E-state index < -0.39 is 17.7 Å². The molecule has 1 aliphatic rings. The summed E-state index contributed by atoms with van der Waals surface area (Å²) in [7, 11) is 0. The van der Waals surface area contributed by atoms with Gasteiger partial charge in [0, 0.05) is 6.42 Å². The molecule has 0 aromatic carbocycles. The third-order valence-electron chi connectivity index (χ3n) is 2.46. The third kappa shape index (κ3) is 2.93. The fourth-order valence-electron chi connectivity index (χ4n) is 1.65. The highest BCUT2D eigenvalue weighted by molar-refractivity contribution is 5.77. The van der Waals surface area contributed by atoms with Crippen molar-refractivity contribution in [1.29, 1.82) is 0 Å². The summed E-state index contributed by atoms with van der Waals surface area (Å²) < 4.78 is 10.4. The largest absolute Gasteiger partial charge is 0.481 e. The smallest absolute Gasteiger partial charge is 0.364 e. The number of hydrogen-bond acceptors (Lipinski definition) is 4. The van der Waals surface area contributed by atoms with E-state index in [1.54, 1.807) is 0 Å².